The summed E-state index contributed by atoms with van der Waals surface area (Å²) in [7, 11) is 3.13. The molecule has 1 N–H and O–H groups in total. The minimum absolute atomic E-state index is 0.0169. The van der Waals surface area contributed by atoms with E-state index < -0.39 is 6.61 Å². The first-order valence-corrected chi connectivity index (χ1v) is 8.59. The predicted molar refractivity (Wildman–Crippen MR) is 99.3 cm³/mol. The van der Waals surface area contributed by atoms with Crippen LogP contribution < -0.4 is 14.8 Å². The van der Waals surface area contributed by atoms with Gasteiger partial charge >= 0.3 is 12.6 Å². The smallest absolute Gasteiger partial charge is 0.387 e. The molecule has 0 saturated heterocycles. The number of nitrogens with zero attached hydrogens (tertiary/aromatic N) is 1. The highest BCUT2D eigenvalue weighted by Gasteiger charge is 2.17. The van der Waals surface area contributed by atoms with Crippen LogP contribution in [0.1, 0.15) is 24.1 Å². The molecular weight excluding hydrogens is 354 g/mol. The van der Waals surface area contributed by atoms with Crippen LogP contribution in [0.25, 0.3) is 0 Å². The zero-order valence-electron chi connectivity index (χ0n) is 15.6. The van der Waals surface area contributed by atoms with Crippen LogP contribution in [0.2, 0.25) is 0 Å². The summed E-state index contributed by atoms with van der Waals surface area (Å²) >= 11 is 0. The molecular formula is C20H24F2N2O3. The molecule has 5 nitrogen and oxygen atoms in total. The van der Waals surface area contributed by atoms with Crippen LogP contribution in [0.3, 0.4) is 0 Å². The van der Waals surface area contributed by atoms with Gasteiger partial charge in [-0.25, -0.2) is 4.79 Å². The van der Waals surface area contributed by atoms with E-state index in [0.717, 1.165) is 11.1 Å². The van der Waals surface area contributed by atoms with E-state index in [1.165, 1.54) is 13.2 Å². The molecule has 0 radical (unpaired) electrons. The minimum atomic E-state index is -2.91. The van der Waals surface area contributed by atoms with Gasteiger partial charge < -0.3 is 19.7 Å². The van der Waals surface area contributed by atoms with E-state index in [1.54, 1.807) is 24.1 Å². The second-order valence-electron chi connectivity index (χ2n) is 6.04. The number of methoxy groups -OCH3 is 1. The zero-order valence-corrected chi connectivity index (χ0v) is 15.6. The Labute approximate surface area is 157 Å². The third-order valence-electron chi connectivity index (χ3n) is 4.32. The molecule has 0 spiro atoms. The molecule has 2 rings (SSSR count). The van der Waals surface area contributed by atoms with E-state index in [0.29, 0.717) is 13.0 Å². The normalized spacial score (nSPS) is 11.8. The number of benzene rings is 2. The topological polar surface area (TPSA) is 50.8 Å². The fraction of sp³-hybridized carbons (Fsp3) is 0.350. The SMILES string of the molecule is COc1cc(CCNC(=O)N(C)[C@@H](C)c2ccccc2)ccc1OC(F)F. The van der Waals surface area contributed by atoms with Crippen LogP contribution in [-0.2, 0) is 6.42 Å². The summed E-state index contributed by atoms with van der Waals surface area (Å²) in [4.78, 5) is 14.0. The van der Waals surface area contributed by atoms with Gasteiger partial charge in [0.1, 0.15) is 0 Å². The van der Waals surface area contributed by atoms with Gasteiger partial charge in [-0.15, -0.1) is 0 Å². The third kappa shape index (κ3) is 5.84. The number of nitrogens with one attached hydrogen (secondary N) is 1. The summed E-state index contributed by atoms with van der Waals surface area (Å²) in [6.45, 7) is -0.545. The minimum Gasteiger partial charge on any atom is -0.493 e. The molecule has 0 aromatic heterocycles. The Hall–Kier alpha value is -2.83. The van der Waals surface area contributed by atoms with E-state index in [4.69, 9.17) is 4.74 Å². The van der Waals surface area contributed by atoms with Crippen molar-refractivity contribution in [2.24, 2.45) is 0 Å². The molecule has 27 heavy (non-hydrogen) atoms. The molecule has 2 aromatic rings. The summed E-state index contributed by atoms with van der Waals surface area (Å²) < 4.78 is 34.2. The Morgan fingerprint density at radius 3 is 2.48 bits per heavy atom. The van der Waals surface area contributed by atoms with Crippen LogP contribution in [0.4, 0.5) is 13.6 Å². The number of amides is 2. The average molecular weight is 378 g/mol. The molecule has 0 unspecified atom stereocenters. The lowest BCUT2D eigenvalue weighted by molar-refractivity contribution is -0.0512. The Balaban J connectivity index is 1.89. The molecule has 7 heteroatoms. The lowest BCUT2D eigenvalue weighted by Crippen LogP contribution is -2.39. The first-order valence-electron chi connectivity index (χ1n) is 8.59. The number of carbonyl (C=O) groups is 1. The number of halogens is 2. The van der Waals surface area contributed by atoms with Crippen molar-refractivity contribution in [1.29, 1.82) is 0 Å². The van der Waals surface area contributed by atoms with Gasteiger partial charge in [-0.1, -0.05) is 36.4 Å². The summed E-state index contributed by atoms with van der Waals surface area (Å²) in [6, 6.07) is 14.2. The number of rotatable bonds is 8. The number of carbonyl (C=O) groups excluding carboxylic acids is 1. The average Bonchev–Trinajstić information content (AvgIpc) is 2.68. The van der Waals surface area contributed by atoms with Crippen molar-refractivity contribution >= 4 is 6.03 Å². The first-order chi connectivity index (χ1) is 12.9. The molecule has 0 aliphatic rings. The Bertz CT molecular complexity index is 741. The van der Waals surface area contributed by atoms with Crippen LogP contribution in [-0.4, -0.2) is 38.2 Å². The maximum atomic E-state index is 12.4. The summed E-state index contributed by atoms with van der Waals surface area (Å²) in [5.74, 6) is 0.214. The molecule has 2 aromatic carbocycles. The van der Waals surface area contributed by atoms with E-state index in [2.05, 4.69) is 10.1 Å². The molecule has 0 aliphatic carbocycles. The maximum Gasteiger partial charge on any atom is 0.387 e. The largest absolute Gasteiger partial charge is 0.493 e. The van der Waals surface area contributed by atoms with Gasteiger partial charge in [0.05, 0.1) is 13.2 Å². The number of alkyl halides is 2. The van der Waals surface area contributed by atoms with Gasteiger partial charge in [-0.2, -0.15) is 8.78 Å². The molecule has 2 amide bonds. The lowest BCUT2D eigenvalue weighted by atomic mass is 10.1. The van der Waals surface area contributed by atoms with Crippen molar-refractivity contribution in [3.05, 3.63) is 59.7 Å². The van der Waals surface area contributed by atoms with Gasteiger partial charge in [0.15, 0.2) is 11.5 Å². The molecule has 146 valence electrons. The van der Waals surface area contributed by atoms with Gasteiger partial charge in [0.25, 0.3) is 0 Å². The molecule has 0 heterocycles. The standard InChI is InChI=1S/C20H24F2N2O3/c1-14(16-7-5-4-6-8-16)24(2)20(25)23-12-11-15-9-10-17(27-19(21)22)18(13-15)26-3/h4-10,13-14,19H,11-12H2,1-3H3,(H,23,25)/t14-/m0/s1. The van der Waals surface area contributed by atoms with Crippen molar-refractivity contribution in [2.75, 3.05) is 20.7 Å². The van der Waals surface area contributed by atoms with Crippen molar-refractivity contribution in [3.63, 3.8) is 0 Å². The van der Waals surface area contributed by atoms with Crippen molar-refractivity contribution < 1.29 is 23.0 Å². The van der Waals surface area contributed by atoms with E-state index in [-0.39, 0.29) is 23.6 Å². The lowest BCUT2D eigenvalue weighted by Gasteiger charge is -2.25. The van der Waals surface area contributed by atoms with Crippen LogP contribution in [0.15, 0.2) is 48.5 Å². The van der Waals surface area contributed by atoms with Crippen LogP contribution in [0.5, 0.6) is 11.5 Å². The van der Waals surface area contributed by atoms with Gasteiger partial charge in [-0.3, -0.25) is 0 Å². The van der Waals surface area contributed by atoms with Gasteiger partial charge in [-0.05, 0) is 36.6 Å². The second kappa shape index (κ2) is 9.75. The van der Waals surface area contributed by atoms with Crippen molar-refractivity contribution in [1.82, 2.24) is 10.2 Å². The first kappa shape index (κ1) is 20.5. The molecule has 0 aliphatic heterocycles. The molecule has 0 bridgehead atoms. The van der Waals surface area contributed by atoms with E-state index in [1.807, 2.05) is 37.3 Å². The summed E-state index contributed by atoms with van der Waals surface area (Å²) in [6.07, 6.45) is 0.532. The summed E-state index contributed by atoms with van der Waals surface area (Å²) in [5, 5.41) is 2.86. The Kier molecular flexibility index (Phi) is 7.40. The van der Waals surface area contributed by atoms with Crippen molar-refractivity contribution in [3.8, 4) is 11.5 Å². The Morgan fingerprint density at radius 1 is 1.15 bits per heavy atom. The number of hydrogen-bond acceptors (Lipinski definition) is 3. The van der Waals surface area contributed by atoms with Gasteiger partial charge in [0, 0.05) is 13.6 Å². The molecule has 0 saturated carbocycles. The number of urea groups is 1. The fourth-order valence-corrected chi connectivity index (χ4v) is 2.63. The predicted octanol–water partition coefficient (Wildman–Crippen LogP) is 4.24. The van der Waals surface area contributed by atoms with Crippen LogP contribution >= 0.6 is 0 Å². The molecule has 0 fully saturated rings. The van der Waals surface area contributed by atoms with Gasteiger partial charge in [0.2, 0.25) is 0 Å². The van der Waals surface area contributed by atoms with E-state index >= 15 is 0 Å². The second-order valence-corrected chi connectivity index (χ2v) is 6.04. The zero-order chi connectivity index (χ0) is 19.8. The molecule has 1 atom stereocenters. The highest BCUT2D eigenvalue weighted by atomic mass is 19.3. The Morgan fingerprint density at radius 2 is 1.85 bits per heavy atom. The highest BCUT2D eigenvalue weighted by molar-refractivity contribution is 5.74. The van der Waals surface area contributed by atoms with Crippen LogP contribution in [0, 0.1) is 0 Å². The van der Waals surface area contributed by atoms with E-state index in [9.17, 15) is 13.6 Å². The van der Waals surface area contributed by atoms with Crippen molar-refractivity contribution in [2.45, 2.75) is 26.0 Å². The monoisotopic (exact) mass is 378 g/mol. The number of ether oxygens (including phenoxy) is 2. The third-order valence-corrected chi connectivity index (χ3v) is 4.32. The maximum absolute atomic E-state index is 12.4. The fourth-order valence-electron chi connectivity index (χ4n) is 2.63. The highest BCUT2D eigenvalue weighted by Crippen LogP contribution is 2.29. The number of hydrogen-bond donors (Lipinski definition) is 1. The summed E-state index contributed by atoms with van der Waals surface area (Å²) in [5.41, 5.74) is 1.89. The quantitative estimate of drug-likeness (QED) is 0.747.